The van der Waals surface area contributed by atoms with Gasteiger partial charge in [0.25, 0.3) is 0 Å². The van der Waals surface area contributed by atoms with Crippen molar-refractivity contribution in [1.82, 2.24) is 25.0 Å². The Morgan fingerprint density at radius 2 is 1.93 bits per heavy atom. The lowest BCUT2D eigenvalue weighted by atomic mass is 9.82. The number of amides is 1. The SMILES string of the molecule is CC(C)(C(=O)N1CCC(c2nnc3n2CCNC3)CC1)c1ccccc1Cl. The van der Waals surface area contributed by atoms with Crippen molar-refractivity contribution in [3.63, 3.8) is 0 Å². The van der Waals surface area contributed by atoms with Gasteiger partial charge in [0, 0.05) is 37.1 Å². The van der Waals surface area contributed by atoms with Gasteiger partial charge >= 0.3 is 0 Å². The van der Waals surface area contributed by atoms with Gasteiger partial charge < -0.3 is 14.8 Å². The number of carbonyl (C=O) groups excluding carboxylic acids is 1. The van der Waals surface area contributed by atoms with Crippen molar-refractivity contribution in [2.45, 2.75) is 51.1 Å². The Labute approximate surface area is 164 Å². The minimum absolute atomic E-state index is 0.140. The van der Waals surface area contributed by atoms with E-state index >= 15 is 0 Å². The van der Waals surface area contributed by atoms with E-state index in [-0.39, 0.29) is 5.91 Å². The number of hydrogen-bond acceptors (Lipinski definition) is 4. The molecule has 144 valence electrons. The van der Waals surface area contributed by atoms with Crippen LogP contribution in [0.3, 0.4) is 0 Å². The lowest BCUT2D eigenvalue weighted by Crippen LogP contribution is -2.47. The van der Waals surface area contributed by atoms with Gasteiger partial charge in [-0.05, 0) is 38.3 Å². The first-order valence-electron chi connectivity index (χ1n) is 9.65. The third-order valence-corrected chi connectivity index (χ3v) is 6.21. The number of hydrogen-bond donors (Lipinski definition) is 1. The molecular formula is C20H26ClN5O. The highest BCUT2D eigenvalue weighted by Gasteiger charge is 2.37. The second-order valence-electron chi connectivity index (χ2n) is 7.97. The number of likely N-dealkylation sites (tertiary alicyclic amines) is 1. The fourth-order valence-electron chi connectivity index (χ4n) is 4.24. The molecule has 2 aliphatic heterocycles. The largest absolute Gasteiger partial charge is 0.342 e. The summed E-state index contributed by atoms with van der Waals surface area (Å²) in [6.45, 7) is 8.10. The Bertz CT molecular complexity index is 839. The molecule has 1 aromatic heterocycles. The summed E-state index contributed by atoms with van der Waals surface area (Å²) in [5.41, 5.74) is 0.253. The molecule has 0 aliphatic carbocycles. The lowest BCUT2D eigenvalue weighted by molar-refractivity contribution is -0.137. The summed E-state index contributed by atoms with van der Waals surface area (Å²) in [7, 11) is 0. The van der Waals surface area contributed by atoms with Crippen molar-refractivity contribution in [1.29, 1.82) is 0 Å². The first kappa shape index (κ1) is 18.4. The topological polar surface area (TPSA) is 63.1 Å². The van der Waals surface area contributed by atoms with Crippen molar-refractivity contribution >= 4 is 17.5 Å². The number of piperidine rings is 1. The number of halogens is 1. The lowest BCUT2D eigenvalue weighted by Gasteiger charge is -2.37. The molecule has 2 aromatic rings. The number of nitrogens with one attached hydrogen (secondary N) is 1. The Hall–Kier alpha value is -1.92. The Balaban J connectivity index is 1.45. The molecular weight excluding hydrogens is 362 g/mol. The van der Waals surface area contributed by atoms with E-state index in [1.54, 1.807) is 0 Å². The standard InChI is InChI=1S/C20H26ClN5O/c1-20(2,15-5-3-4-6-16(15)21)19(27)25-10-7-14(8-11-25)18-24-23-17-13-22-9-12-26(17)18/h3-6,14,22H,7-13H2,1-2H3. The van der Waals surface area contributed by atoms with Crippen molar-refractivity contribution in [3.05, 3.63) is 46.5 Å². The fraction of sp³-hybridized carbons (Fsp3) is 0.550. The van der Waals surface area contributed by atoms with Gasteiger partial charge in [0.1, 0.15) is 11.6 Å². The van der Waals surface area contributed by atoms with Crippen LogP contribution in [0.15, 0.2) is 24.3 Å². The molecule has 0 bridgehead atoms. The smallest absolute Gasteiger partial charge is 0.232 e. The van der Waals surface area contributed by atoms with Crippen LogP contribution in [0.1, 0.15) is 49.8 Å². The van der Waals surface area contributed by atoms with Gasteiger partial charge in [0.2, 0.25) is 5.91 Å². The quantitative estimate of drug-likeness (QED) is 0.879. The maximum Gasteiger partial charge on any atom is 0.232 e. The fourth-order valence-corrected chi connectivity index (χ4v) is 4.61. The zero-order chi connectivity index (χ0) is 19.0. The van der Waals surface area contributed by atoms with Crippen LogP contribution in [0, 0.1) is 0 Å². The molecule has 6 nitrogen and oxygen atoms in total. The summed E-state index contributed by atoms with van der Waals surface area (Å²) in [4.78, 5) is 15.2. The number of benzene rings is 1. The Kier molecular flexibility index (Phi) is 4.95. The molecule has 7 heteroatoms. The van der Waals surface area contributed by atoms with Crippen LogP contribution in [0.5, 0.6) is 0 Å². The van der Waals surface area contributed by atoms with Crippen molar-refractivity contribution < 1.29 is 4.79 Å². The third kappa shape index (κ3) is 3.36. The summed E-state index contributed by atoms with van der Waals surface area (Å²) in [5.74, 6) is 2.62. The molecule has 2 aliphatic rings. The summed E-state index contributed by atoms with van der Waals surface area (Å²) in [6.07, 6.45) is 1.85. The summed E-state index contributed by atoms with van der Waals surface area (Å²) in [5, 5.41) is 12.8. The van der Waals surface area contributed by atoms with Crippen molar-refractivity contribution in [2.24, 2.45) is 0 Å². The zero-order valence-electron chi connectivity index (χ0n) is 15.9. The predicted octanol–water partition coefficient (Wildman–Crippen LogP) is 2.72. The minimum Gasteiger partial charge on any atom is -0.342 e. The first-order valence-corrected chi connectivity index (χ1v) is 10.0. The van der Waals surface area contributed by atoms with Crippen molar-refractivity contribution in [2.75, 3.05) is 19.6 Å². The van der Waals surface area contributed by atoms with Gasteiger partial charge in [-0.25, -0.2) is 0 Å². The molecule has 1 amide bonds. The molecule has 1 fully saturated rings. The van der Waals surface area contributed by atoms with E-state index in [0.29, 0.717) is 10.9 Å². The molecule has 0 saturated carbocycles. The van der Waals surface area contributed by atoms with Crippen LogP contribution < -0.4 is 5.32 Å². The number of rotatable bonds is 3. The average molecular weight is 388 g/mol. The molecule has 4 rings (SSSR count). The number of carbonyl (C=O) groups is 1. The molecule has 0 spiro atoms. The highest BCUT2D eigenvalue weighted by atomic mass is 35.5. The summed E-state index contributed by atoms with van der Waals surface area (Å²) in [6, 6.07) is 7.63. The molecule has 1 saturated heterocycles. The third-order valence-electron chi connectivity index (χ3n) is 5.88. The van der Waals surface area contributed by atoms with Gasteiger partial charge in [-0.1, -0.05) is 29.8 Å². The van der Waals surface area contributed by atoms with E-state index in [4.69, 9.17) is 11.6 Å². The Morgan fingerprint density at radius 3 is 2.67 bits per heavy atom. The maximum atomic E-state index is 13.2. The highest BCUT2D eigenvalue weighted by Crippen LogP contribution is 2.34. The molecule has 1 N–H and O–H groups in total. The molecule has 0 atom stereocenters. The van der Waals surface area contributed by atoms with E-state index in [2.05, 4.69) is 20.1 Å². The summed E-state index contributed by atoms with van der Waals surface area (Å²) < 4.78 is 2.26. The molecule has 0 radical (unpaired) electrons. The maximum absolute atomic E-state index is 13.2. The zero-order valence-corrected chi connectivity index (χ0v) is 16.7. The van der Waals surface area contributed by atoms with E-state index in [9.17, 15) is 4.79 Å². The number of aromatic nitrogens is 3. The second kappa shape index (κ2) is 7.24. The first-order chi connectivity index (χ1) is 13.0. The summed E-state index contributed by atoms with van der Waals surface area (Å²) >= 11 is 6.36. The van der Waals surface area contributed by atoms with Crippen LogP contribution >= 0.6 is 11.6 Å². The van der Waals surface area contributed by atoms with Gasteiger partial charge in [-0.15, -0.1) is 10.2 Å². The van der Waals surface area contributed by atoms with Crippen LogP contribution in [-0.4, -0.2) is 45.2 Å². The number of fused-ring (bicyclic) bond motifs is 1. The van der Waals surface area contributed by atoms with E-state index in [0.717, 1.165) is 62.8 Å². The normalized spacial score (nSPS) is 18.4. The minimum atomic E-state index is -0.634. The molecule has 0 unspecified atom stereocenters. The van der Waals surface area contributed by atoms with E-state index < -0.39 is 5.41 Å². The average Bonchev–Trinajstić information content (AvgIpc) is 3.12. The van der Waals surface area contributed by atoms with Gasteiger partial charge in [0.05, 0.1) is 12.0 Å². The van der Waals surface area contributed by atoms with Crippen LogP contribution in [-0.2, 0) is 23.3 Å². The Morgan fingerprint density at radius 1 is 1.19 bits per heavy atom. The molecule has 27 heavy (non-hydrogen) atoms. The van der Waals surface area contributed by atoms with Gasteiger partial charge in [0.15, 0.2) is 0 Å². The second-order valence-corrected chi connectivity index (χ2v) is 8.38. The highest BCUT2D eigenvalue weighted by molar-refractivity contribution is 6.31. The predicted molar refractivity (Wildman–Crippen MR) is 105 cm³/mol. The molecule has 3 heterocycles. The van der Waals surface area contributed by atoms with Crippen LogP contribution in [0.2, 0.25) is 5.02 Å². The van der Waals surface area contributed by atoms with Crippen LogP contribution in [0.25, 0.3) is 0 Å². The monoisotopic (exact) mass is 387 g/mol. The van der Waals surface area contributed by atoms with Gasteiger partial charge in [-0.3, -0.25) is 4.79 Å². The van der Waals surface area contributed by atoms with Gasteiger partial charge in [-0.2, -0.15) is 0 Å². The molecule has 1 aromatic carbocycles. The number of nitrogens with zero attached hydrogens (tertiary/aromatic N) is 4. The van der Waals surface area contributed by atoms with E-state index in [1.165, 1.54) is 0 Å². The van der Waals surface area contributed by atoms with E-state index in [1.807, 2.05) is 43.0 Å². The van der Waals surface area contributed by atoms with Crippen LogP contribution in [0.4, 0.5) is 0 Å². The van der Waals surface area contributed by atoms with Crippen molar-refractivity contribution in [3.8, 4) is 0 Å².